The molecule has 90 valence electrons. The fourth-order valence-electron chi connectivity index (χ4n) is 1.08. The molecule has 0 saturated heterocycles. The Hall–Kier alpha value is -2.24. The number of rotatable bonds is 3. The van der Waals surface area contributed by atoms with Gasteiger partial charge in [-0.05, 0) is 18.2 Å². The van der Waals surface area contributed by atoms with Crippen LogP contribution in [0.3, 0.4) is 0 Å². The molecule has 0 heterocycles. The summed E-state index contributed by atoms with van der Waals surface area (Å²) in [6.07, 6.45) is 1.90. The van der Waals surface area contributed by atoms with Crippen molar-refractivity contribution in [1.29, 1.82) is 0 Å². The van der Waals surface area contributed by atoms with Crippen LogP contribution in [0.2, 0.25) is 0 Å². The summed E-state index contributed by atoms with van der Waals surface area (Å²) in [7, 11) is 1.14. The third-order valence-corrected chi connectivity index (χ3v) is 1.92. The number of methoxy groups -OCH3 is 1. The number of carbonyl (C=O) groups excluding carboxylic acids is 1. The molecule has 0 amide bonds. The minimum atomic E-state index is -1.56. The molecule has 0 aliphatic rings. The van der Waals surface area contributed by atoms with Gasteiger partial charge in [0, 0.05) is 11.6 Å². The Balaban J connectivity index is 3.12. The van der Waals surface area contributed by atoms with Crippen molar-refractivity contribution in [2.24, 2.45) is 0 Å². The van der Waals surface area contributed by atoms with E-state index in [0.29, 0.717) is 12.1 Å². The van der Waals surface area contributed by atoms with Crippen LogP contribution in [0.15, 0.2) is 18.2 Å². The zero-order valence-corrected chi connectivity index (χ0v) is 8.74. The second-order valence-corrected chi connectivity index (χ2v) is 3.02. The molecule has 0 saturated carbocycles. The first-order valence-corrected chi connectivity index (χ1v) is 4.44. The molecular weight excluding hydrogens is 234 g/mol. The summed E-state index contributed by atoms with van der Waals surface area (Å²) in [5, 5.41) is 8.54. The van der Waals surface area contributed by atoms with Crippen molar-refractivity contribution in [2.45, 2.75) is 0 Å². The Morgan fingerprint density at radius 3 is 2.47 bits per heavy atom. The van der Waals surface area contributed by atoms with Gasteiger partial charge in [0.05, 0.1) is 12.7 Å². The van der Waals surface area contributed by atoms with E-state index < -0.39 is 29.1 Å². The SMILES string of the molecule is COC(=O)C=Cc1cc(F)c(C(=O)O)cc1F. The van der Waals surface area contributed by atoms with Crippen LogP contribution >= 0.6 is 0 Å². The largest absolute Gasteiger partial charge is 0.478 e. The van der Waals surface area contributed by atoms with Crippen LogP contribution in [0.1, 0.15) is 15.9 Å². The number of hydrogen-bond donors (Lipinski definition) is 1. The van der Waals surface area contributed by atoms with Gasteiger partial charge in [-0.2, -0.15) is 0 Å². The highest BCUT2D eigenvalue weighted by atomic mass is 19.1. The van der Waals surface area contributed by atoms with Crippen LogP contribution < -0.4 is 0 Å². The normalized spacial score (nSPS) is 10.5. The Bertz CT molecular complexity index is 494. The van der Waals surface area contributed by atoms with Crippen molar-refractivity contribution in [3.63, 3.8) is 0 Å². The second kappa shape index (κ2) is 5.20. The van der Waals surface area contributed by atoms with Crippen LogP contribution in [0.5, 0.6) is 0 Å². The van der Waals surface area contributed by atoms with Crippen molar-refractivity contribution in [2.75, 3.05) is 7.11 Å². The van der Waals surface area contributed by atoms with Crippen LogP contribution in [0.25, 0.3) is 6.08 Å². The smallest absolute Gasteiger partial charge is 0.338 e. The van der Waals surface area contributed by atoms with Gasteiger partial charge in [-0.25, -0.2) is 18.4 Å². The summed E-state index contributed by atoms with van der Waals surface area (Å²) in [6.45, 7) is 0. The number of carboxylic acid groups (broad SMARTS) is 1. The molecule has 1 aromatic rings. The molecule has 0 atom stereocenters. The van der Waals surface area contributed by atoms with Gasteiger partial charge in [-0.1, -0.05) is 0 Å². The minimum Gasteiger partial charge on any atom is -0.478 e. The molecule has 6 heteroatoms. The lowest BCUT2D eigenvalue weighted by Crippen LogP contribution is -2.02. The van der Waals surface area contributed by atoms with E-state index in [0.717, 1.165) is 19.3 Å². The molecule has 1 N–H and O–H groups in total. The van der Waals surface area contributed by atoms with E-state index in [4.69, 9.17) is 5.11 Å². The topological polar surface area (TPSA) is 63.6 Å². The van der Waals surface area contributed by atoms with Crippen molar-refractivity contribution >= 4 is 18.0 Å². The van der Waals surface area contributed by atoms with Gasteiger partial charge in [-0.3, -0.25) is 0 Å². The molecule has 0 aromatic heterocycles. The molecule has 0 radical (unpaired) electrons. The van der Waals surface area contributed by atoms with E-state index in [1.54, 1.807) is 0 Å². The Labute approximate surface area is 95.1 Å². The standard InChI is InChI=1S/C11H8F2O4/c1-17-10(14)3-2-6-4-9(13)7(11(15)16)5-8(6)12/h2-5H,1H3,(H,15,16). The maximum atomic E-state index is 13.3. The molecule has 0 aliphatic carbocycles. The number of esters is 1. The van der Waals surface area contributed by atoms with E-state index in [9.17, 15) is 18.4 Å². The maximum Gasteiger partial charge on any atom is 0.338 e. The first-order valence-electron chi connectivity index (χ1n) is 4.44. The quantitative estimate of drug-likeness (QED) is 0.649. The van der Waals surface area contributed by atoms with E-state index in [-0.39, 0.29) is 5.56 Å². The molecule has 0 unspecified atom stereocenters. The molecule has 4 nitrogen and oxygen atoms in total. The third kappa shape index (κ3) is 3.10. The van der Waals surface area contributed by atoms with E-state index in [1.807, 2.05) is 0 Å². The third-order valence-electron chi connectivity index (χ3n) is 1.92. The molecule has 0 aliphatic heterocycles. The zero-order chi connectivity index (χ0) is 13.0. The van der Waals surface area contributed by atoms with Gasteiger partial charge in [0.2, 0.25) is 0 Å². The van der Waals surface area contributed by atoms with Gasteiger partial charge < -0.3 is 9.84 Å². The van der Waals surface area contributed by atoms with Crippen LogP contribution in [0, 0.1) is 11.6 Å². The maximum absolute atomic E-state index is 13.3. The Kier molecular flexibility index (Phi) is 3.92. The first kappa shape index (κ1) is 12.8. The number of halogens is 2. The lowest BCUT2D eigenvalue weighted by atomic mass is 10.1. The van der Waals surface area contributed by atoms with E-state index >= 15 is 0 Å². The highest BCUT2D eigenvalue weighted by molar-refractivity contribution is 5.89. The first-order chi connectivity index (χ1) is 7.95. The number of ether oxygens (including phenoxy) is 1. The van der Waals surface area contributed by atoms with Crippen LogP contribution in [-0.2, 0) is 9.53 Å². The van der Waals surface area contributed by atoms with Crippen molar-refractivity contribution in [3.05, 3.63) is 41.0 Å². The van der Waals surface area contributed by atoms with Crippen LogP contribution in [0.4, 0.5) is 8.78 Å². The lowest BCUT2D eigenvalue weighted by molar-refractivity contribution is -0.134. The predicted molar refractivity (Wildman–Crippen MR) is 54.4 cm³/mol. The summed E-state index contributed by atoms with van der Waals surface area (Å²) in [6, 6.07) is 1.24. The van der Waals surface area contributed by atoms with Gasteiger partial charge in [0.15, 0.2) is 0 Å². The predicted octanol–water partition coefficient (Wildman–Crippen LogP) is 1.85. The molecule has 0 fully saturated rings. The number of aromatic carboxylic acids is 1. The minimum absolute atomic E-state index is 0.238. The van der Waals surface area contributed by atoms with Crippen LogP contribution in [-0.4, -0.2) is 24.2 Å². The van der Waals surface area contributed by atoms with E-state index in [2.05, 4.69) is 4.74 Å². The summed E-state index contributed by atoms with van der Waals surface area (Å²) >= 11 is 0. The fraction of sp³-hybridized carbons (Fsp3) is 0.0909. The van der Waals surface area contributed by atoms with Crippen molar-refractivity contribution in [3.8, 4) is 0 Å². The monoisotopic (exact) mass is 242 g/mol. The second-order valence-electron chi connectivity index (χ2n) is 3.02. The van der Waals surface area contributed by atoms with Crippen molar-refractivity contribution < 1.29 is 28.2 Å². The Morgan fingerprint density at radius 2 is 1.94 bits per heavy atom. The number of hydrogen-bond acceptors (Lipinski definition) is 3. The molecule has 0 bridgehead atoms. The molecule has 0 spiro atoms. The van der Waals surface area contributed by atoms with Gasteiger partial charge >= 0.3 is 11.9 Å². The summed E-state index contributed by atoms with van der Waals surface area (Å²) in [5.41, 5.74) is -1.00. The van der Waals surface area contributed by atoms with Gasteiger partial charge in [-0.15, -0.1) is 0 Å². The molecular formula is C11H8F2O4. The lowest BCUT2D eigenvalue weighted by Gasteiger charge is -2.01. The number of carbonyl (C=O) groups is 2. The zero-order valence-electron chi connectivity index (χ0n) is 8.74. The highest BCUT2D eigenvalue weighted by Crippen LogP contribution is 2.16. The number of carboxylic acids is 1. The van der Waals surface area contributed by atoms with Gasteiger partial charge in [0.1, 0.15) is 11.6 Å². The summed E-state index contributed by atoms with van der Waals surface area (Å²) in [5.74, 6) is -4.32. The van der Waals surface area contributed by atoms with E-state index in [1.165, 1.54) is 0 Å². The summed E-state index contributed by atoms with van der Waals surface area (Å²) in [4.78, 5) is 21.2. The molecule has 1 rings (SSSR count). The molecule has 17 heavy (non-hydrogen) atoms. The number of benzene rings is 1. The highest BCUT2D eigenvalue weighted by Gasteiger charge is 2.13. The Morgan fingerprint density at radius 1 is 1.29 bits per heavy atom. The van der Waals surface area contributed by atoms with Crippen molar-refractivity contribution in [1.82, 2.24) is 0 Å². The molecule has 1 aromatic carbocycles. The summed E-state index contributed by atoms with van der Waals surface area (Å²) < 4.78 is 30.8. The average molecular weight is 242 g/mol. The average Bonchev–Trinajstić information content (AvgIpc) is 2.28. The van der Waals surface area contributed by atoms with Gasteiger partial charge in [0.25, 0.3) is 0 Å². The fourth-order valence-corrected chi connectivity index (χ4v) is 1.08.